The molecule has 3 N–H and O–H groups in total. The lowest BCUT2D eigenvalue weighted by Crippen LogP contribution is -2.64. The van der Waals surface area contributed by atoms with Crippen molar-refractivity contribution in [1.29, 1.82) is 0 Å². The number of aliphatic hydroxyl groups is 1. The van der Waals surface area contributed by atoms with E-state index in [4.69, 9.17) is 33.2 Å². The molecule has 0 radical (unpaired) electrons. The molecule has 4 aliphatic heterocycles. The van der Waals surface area contributed by atoms with Gasteiger partial charge in [-0.05, 0) is 75.7 Å². The number of methoxy groups -OCH3 is 1. The third kappa shape index (κ3) is 7.09. The summed E-state index contributed by atoms with van der Waals surface area (Å²) in [6.07, 6.45) is 3.90. The molecule has 5 fully saturated rings. The van der Waals surface area contributed by atoms with Gasteiger partial charge in [-0.2, -0.15) is 0 Å². The summed E-state index contributed by atoms with van der Waals surface area (Å²) in [4.78, 5) is 45.3. The number of rotatable bonds is 8. The Morgan fingerprint density at radius 1 is 0.936 bits per heavy atom. The largest absolute Gasteiger partial charge is 0.453 e. The number of carbonyl (C=O) groups is 3. The zero-order valence-electron chi connectivity index (χ0n) is 26.9. The first-order chi connectivity index (χ1) is 22.9. The fourth-order valence-electron chi connectivity index (χ4n) is 8.46. The zero-order valence-corrected chi connectivity index (χ0v) is 26.9. The average Bonchev–Trinajstić information content (AvgIpc) is 3.84. The highest BCUT2D eigenvalue weighted by atomic mass is 16.7. The van der Waals surface area contributed by atoms with Crippen molar-refractivity contribution in [1.82, 2.24) is 10.6 Å². The van der Waals surface area contributed by atoms with Crippen molar-refractivity contribution in [2.24, 2.45) is 10.9 Å². The number of amides is 1. The first kappa shape index (κ1) is 32.9. The molecule has 14 heteroatoms. The molecule has 260 valence electrons. The minimum Gasteiger partial charge on any atom is -0.453 e. The van der Waals surface area contributed by atoms with Crippen LogP contribution in [0.3, 0.4) is 0 Å². The van der Waals surface area contributed by atoms with Crippen molar-refractivity contribution in [3.8, 4) is 0 Å². The summed E-state index contributed by atoms with van der Waals surface area (Å²) in [6, 6.07) is -0.555. The minimum absolute atomic E-state index is 0.0121. The molecular weight excluding hydrogens is 614 g/mol. The van der Waals surface area contributed by atoms with Crippen LogP contribution >= 0.6 is 0 Å². The Bertz CT molecular complexity index is 1240. The van der Waals surface area contributed by atoms with Crippen LogP contribution in [0.15, 0.2) is 16.3 Å². The standard InChI is InChI=1S/C33H47N3O11/c1-41-32-29(46-31(39)23-13-18-7-3-5-9-21(18)36-23)28(45-30(38)22-12-17-6-2-4-8-20(17)35-22)27(26(15-37)44-32)47-33(40)34-19-10-11-24-25(14-19)43-16-42-24/h17,19-20,22,24-29,32,35,37H,2-16H2,1H3,(H,34,40)/t17?,19?,20?,22?,24?,25?,26-,27-,28+,29-,32+/m1/s1. The molecule has 7 rings (SSSR count). The number of hydrogen-bond donors (Lipinski definition) is 3. The van der Waals surface area contributed by atoms with Crippen LogP contribution in [0.4, 0.5) is 4.79 Å². The fraction of sp³-hybridized carbons (Fsp3) is 0.818. The number of hydrogen-bond acceptors (Lipinski definition) is 13. The quantitative estimate of drug-likeness (QED) is 0.256. The molecule has 0 bridgehead atoms. The van der Waals surface area contributed by atoms with E-state index < -0.39 is 61.4 Å². The Labute approximate surface area is 274 Å². The molecule has 6 unspecified atom stereocenters. The smallest absolute Gasteiger partial charge is 0.407 e. The van der Waals surface area contributed by atoms with E-state index in [-0.39, 0.29) is 36.8 Å². The molecular formula is C33H47N3O11. The summed E-state index contributed by atoms with van der Waals surface area (Å²) in [5, 5.41) is 16.7. The third-order valence-electron chi connectivity index (χ3n) is 10.9. The molecule has 11 atom stereocenters. The van der Waals surface area contributed by atoms with E-state index in [9.17, 15) is 19.5 Å². The van der Waals surface area contributed by atoms with Crippen LogP contribution in [0.1, 0.15) is 83.5 Å². The predicted octanol–water partition coefficient (Wildman–Crippen LogP) is 2.16. The van der Waals surface area contributed by atoms with Crippen LogP contribution in [0.5, 0.6) is 0 Å². The van der Waals surface area contributed by atoms with Crippen molar-refractivity contribution in [3.05, 3.63) is 11.3 Å². The zero-order chi connectivity index (χ0) is 32.5. The number of allylic oxidation sites excluding steroid dienone is 2. The van der Waals surface area contributed by atoms with Gasteiger partial charge < -0.3 is 48.9 Å². The fourth-order valence-corrected chi connectivity index (χ4v) is 8.46. The first-order valence-corrected chi connectivity index (χ1v) is 17.4. The number of ether oxygens (including phenoxy) is 7. The number of esters is 2. The Balaban J connectivity index is 1.10. The van der Waals surface area contributed by atoms with Gasteiger partial charge in [-0.25, -0.2) is 14.6 Å². The third-order valence-corrected chi connectivity index (χ3v) is 10.9. The van der Waals surface area contributed by atoms with E-state index >= 15 is 0 Å². The Morgan fingerprint density at radius 3 is 2.57 bits per heavy atom. The van der Waals surface area contributed by atoms with Crippen LogP contribution in [-0.2, 0) is 42.7 Å². The van der Waals surface area contributed by atoms with Crippen LogP contribution in [0, 0.1) is 5.92 Å². The summed E-state index contributed by atoms with van der Waals surface area (Å²) in [7, 11) is 1.37. The Morgan fingerprint density at radius 2 is 1.77 bits per heavy atom. The van der Waals surface area contributed by atoms with E-state index in [1.807, 2.05) is 0 Å². The maximum Gasteiger partial charge on any atom is 0.407 e. The Kier molecular flexibility index (Phi) is 10.1. The molecule has 14 nitrogen and oxygen atoms in total. The summed E-state index contributed by atoms with van der Waals surface area (Å²) in [5.41, 5.74) is 2.35. The molecule has 0 aromatic rings. The van der Waals surface area contributed by atoms with Gasteiger partial charge in [0.1, 0.15) is 24.7 Å². The normalized spacial score (nSPS) is 39.7. The van der Waals surface area contributed by atoms with Crippen molar-refractivity contribution >= 4 is 23.7 Å². The molecule has 7 aliphatic rings. The summed E-state index contributed by atoms with van der Waals surface area (Å²) >= 11 is 0. The average molecular weight is 662 g/mol. The maximum absolute atomic E-state index is 13.8. The second-order valence-corrected chi connectivity index (χ2v) is 13.9. The second-order valence-electron chi connectivity index (χ2n) is 13.9. The van der Waals surface area contributed by atoms with E-state index in [0.29, 0.717) is 31.6 Å². The number of aliphatic hydroxyl groups excluding tert-OH is 1. The van der Waals surface area contributed by atoms with Crippen LogP contribution in [-0.4, -0.2) is 110 Å². The van der Waals surface area contributed by atoms with E-state index in [2.05, 4.69) is 15.6 Å². The number of aliphatic imine (C=N–C) groups is 1. The number of fused-ring (bicyclic) bond motifs is 2. The Hall–Kier alpha value is -2.62. The van der Waals surface area contributed by atoms with E-state index in [0.717, 1.165) is 69.1 Å². The van der Waals surface area contributed by atoms with Gasteiger partial charge in [0.05, 0.1) is 18.8 Å². The lowest BCUT2D eigenvalue weighted by atomic mass is 9.85. The molecule has 0 aromatic carbocycles. The number of nitrogens with zero attached hydrogens (tertiary/aromatic N) is 1. The van der Waals surface area contributed by atoms with Crippen molar-refractivity contribution in [2.75, 3.05) is 20.5 Å². The molecule has 2 saturated carbocycles. The molecule has 47 heavy (non-hydrogen) atoms. The first-order valence-electron chi connectivity index (χ1n) is 17.4. The predicted molar refractivity (Wildman–Crippen MR) is 163 cm³/mol. The van der Waals surface area contributed by atoms with Gasteiger partial charge in [0.25, 0.3) is 0 Å². The molecule has 1 amide bonds. The van der Waals surface area contributed by atoms with Gasteiger partial charge in [0, 0.05) is 31.3 Å². The highest BCUT2D eigenvalue weighted by Crippen LogP contribution is 2.37. The SMILES string of the molecule is CO[C@H]1O[C@H](CO)[C@@H](OC(=O)NC2CCC3OCOC3C2)[C@H](OC(=O)C2CC3CCCCC3N2)[C@H]1OC(=O)C1=NC2=C(CCCC2)C1. The van der Waals surface area contributed by atoms with Crippen molar-refractivity contribution in [3.63, 3.8) is 0 Å². The van der Waals surface area contributed by atoms with Gasteiger partial charge in [-0.15, -0.1) is 0 Å². The number of alkyl carbamates (subject to hydrolysis) is 1. The highest BCUT2D eigenvalue weighted by molar-refractivity contribution is 6.38. The number of nitrogens with one attached hydrogen (secondary N) is 2. The molecule has 4 heterocycles. The topological polar surface area (TPSA) is 172 Å². The monoisotopic (exact) mass is 661 g/mol. The molecule has 3 aliphatic carbocycles. The number of carbonyl (C=O) groups excluding carboxylic acids is 3. The lowest BCUT2D eigenvalue weighted by Gasteiger charge is -2.44. The van der Waals surface area contributed by atoms with Gasteiger partial charge in [-0.3, -0.25) is 4.79 Å². The van der Waals surface area contributed by atoms with Crippen molar-refractivity contribution < 1.29 is 52.6 Å². The van der Waals surface area contributed by atoms with Gasteiger partial charge in [0.15, 0.2) is 24.6 Å². The lowest BCUT2D eigenvalue weighted by molar-refractivity contribution is -0.298. The van der Waals surface area contributed by atoms with Crippen LogP contribution in [0.2, 0.25) is 0 Å². The summed E-state index contributed by atoms with van der Waals surface area (Å²) in [5.74, 6) is -0.843. The maximum atomic E-state index is 13.8. The second kappa shape index (κ2) is 14.5. The highest BCUT2D eigenvalue weighted by Gasteiger charge is 2.54. The van der Waals surface area contributed by atoms with E-state index in [1.165, 1.54) is 7.11 Å². The van der Waals surface area contributed by atoms with Crippen LogP contribution < -0.4 is 10.6 Å². The summed E-state index contributed by atoms with van der Waals surface area (Å²) in [6.45, 7) is -0.333. The van der Waals surface area contributed by atoms with Gasteiger partial charge in [-0.1, -0.05) is 12.8 Å². The van der Waals surface area contributed by atoms with Crippen LogP contribution in [0.25, 0.3) is 0 Å². The summed E-state index contributed by atoms with van der Waals surface area (Å²) < 4.78 is 40.8. The van der Waals surface area contributed by atoms with E-state index in [1.54, 1.807) is 0 Å². The van der Waals surface area contributed by atoms with Gasteiger partial charge in [0.2, 0.25) is 0 Å². The molecule has 3 saturated heterocycles. The minimum atomic E-state index is -1.33. The van der Waals surface area contributed by atoms with Crippen molar-refractivity contribution in [2.45, 2.75) is 145 Å². The molecule has 0 spiro atoms. The molecule has 0 aromatic heterocycles. The van der Waals surface area contributed by atoms with Gasteiger partial charge >= 0.3 is 18.0 Å².